The highest BCUT2D eigenvalue weighted by atomic mass is 35.5. The average molecular weight is 426 g/mol. The van der Waals surface area contributed by atoms with Gasteiger partial charge in [-0.1, -0.05) is 6.07 Å². The van der Waals surface area contributed by atoms with Crippen LogP contribution in [-0.4, -0.2) is 33.0 Å². The van der Waals surface area contributed by atoms with E-state index in [9.17, 15) is 18.0 Å². The monoisotopic (exact) mass is 425 g/mol. The van der Waals surface area contributed by atoms with Gasteiger partial charge in [-0.25, -0.2) is 8.42 Å². The predicted octanol–water partition coefficient (Wildman–Crippen LogP) is 2.75. The van der Waals surface area contributed by atoms with Gasteiger partial charge in [0, 0.05) is 29.6 Å². The molecule has 2 aromatic rings. The molecule has 0 aliphatic heterocycles. The number of hydrogen-bond donors (Lipinski definition) is 3. The molecule has 28 heavy (non-hydrogen) atoms. The van der Waals surface area contributed by atoms with E-state index in [1.165, 1.54) is 18.2 Å². The Labute approximate surface area is 171 Å². The summed E-state index contributed by atoms with van der Waals surface area (Å²) in [6.07, 6.45) is 2.06. The molecular formula is C19H24ClN3O4S. The first-order valence-electron chi connectivity index (χ1n) is 8.43. The third-order valence-electron chi connectivity index (χ3n) is 3.89. The van der Waals surface area contributed by atoms with Crippen LogP contribution in [0.1, 0.15) is 28.8 Å². The van der Waals surface area contributed by atoms with Crippen LogP contribution in [0.5, 0.6) is 0 Å². The molecule has 152 valence electrons. The summed E-state index contributed by atoms with van der Waals surface area (Å²) in [6.45, 7) is 2.26. The van der Waals surface area contributed by atoms with Crippen molar-refractivity contribution in [2.45, 2.75) is 24.7 Å². The molecule has 4 N–H and O–H groups in total. The number of rotatable bonds is 7. The standard InChI is InChI=1S/C19H23N3O4S.ClH/c1-13-11-15(21-18(23)7-4-10-20)8-9-17(13)22-19(24)14-5-3-6-16(12-14)27(2,25)26;/h3,5-6,8-9,11-12H,4,7,10,20H2,1-2H3,(H,21,23)(H,22,24);1H. The number of nitrogens with one attached hydrogen (secondary N) is 2. The van der Waals surface area contributed by atoms with E-state index in [2.05, 4.69) is 10.6 Å². The average Bonchev–Trinajstić information content (AvgIpc) is 2.61. The van der Waals surface area contributed by atoms with Crippen LogP contribution < -0.4 is 16.4 Å². The van der Waals surface area contributed by atoms with Crippen LogP contribution in [0.3, 0.4) is 0 Å². The SMILES string of the molecule is Cc1cc(NC(=O)CCCN)ccc1NC(=O)c1cccc(S(C)(=O)=O)c1.Cl. The van der Waals surface area contributed by atoms with Gasteiger partial charge in [-0.15, -0.1) is 12.4 Å². The maximum Gasteiger partial charge on any atom is 0.255 e. The van der Waals surface area contributed by atoms with Gasteiger partial charge in [0.2, 0.25) is 5.91 Å². The molecule has 0 atom stereocenters. The molecule has 2 amide bonds. The second-order valence-corrected chi connectivity index (χ2v) is 8.24. The van der Waals surface area contributed by atoms with Crippen molar-refractivity contribution in [2.75, 3.05) is 23.4 Å². The summed E-state index contributed by atoms with van der Waals surface area (Å²) in [5.74, 6) is -0.530. The van der Waals surface area contributed by atoms with Gasteiger partial charge < -0.3 is 16.4 Å². The van der Waals surface area contributed by atoms with Crippen LogP contribution in [0.15, 0.2) is 47.4 Å². The summed E-state index contributed by atoms with van der Waals surface area (Å²) in [5.41, 5.74) is 7.60. The van der Waals surface area contributed by atoms with E-state index in [1.54, 1.807) is 31.2 Å². The first kappa shape index (κ1) is 23.6. The Bertz CT molecular complexity index is 961. The Balaban J connectivity index is 0.00000392. The quantitative estimate of drug-likeness (QED) is 0.630. The summed E-state index contributed by atoms with van der Waals surface area (Å²) in [6, 6.07) is 11.0. The minimum atomic E-state index is -3.39. The van der Waals surface area contributed by atoms with Crippen LogP contribution in [-0.2, 0) is 14.6 Å². The van der Waals surface area contributed by atoms with Crippen LogP contribution in [0.25, 0.3) is 0 Å². The predicted molar refractivity (Wildman–Crippen MR) is 113 cm³/mol. The molecule has 0 aliphatic carbocycles. The van der Waals surface area contributed by atoms with Gasteiger partial charge in [0.05, 0.1) is 4.90 Å². The van der Waals surface area contributed by atoms with Crippen molar-refractivity contribution in [1.29, 1.82) is 0 Å². The number of carbonyl (C=O) groups excluding carboxylic acids is 2. The van der Waals surface area contributed by atoms with Crippen molar-refractivity contribution >= 4 is 45.4 Å². The van der Waals surface area contributed by atoms with Crippen molar-refractivity contribution in [1.82, 2.24) is 0 Å². The lowest BCUT2D eigenvalue weighted by atomic mass is 10.1. The molecule has 2 rings (SSSR count). The molecule has 0 saturated heterocycles. The summed E-state index contributed by atoms with van der Waals surface area (Å²) >= 11 is 0. The molecule has 9 heteroatoms. The topological polar surface area (TPSA) is 118 Å². The van der Waals surface area contributed by atoms with E-state index in [1.807, 2.05) is 0 Å². The Morgan fingerprint density at radius 3 is 2.39 bits per heavy atom. The third-order valence-corrected chi connectivity index (χ3v) is 5.00. The molecular weight excluding hydrogens is 402 g/mol. The van der Waals surface area contributed by atoms with Gasteiger partial charge in [0.25, 0.3) is 5.91 Å². The number of halogens is 1. The van der Waals surface area contributed by atoms with E-state index >= 15 is 0 Å². The third kappa shape index (κ3) is 6.63. The van der Waals surface area contributed by atoms with Crippen molar-refractivity contribution in [3.8, 4) is 0 Å². The Kier molecular flexibility index (Phi) is 8.62. The molecule has 0 spiro atoms. The van der Waals surface area contributed by atoms with E-state index in [0.717, 1.165) is 11.8 Å². The minimum Gasteiger partial charge on any atom is -0.330 e. The molecule has 0 bridgehead atoms. The van der Waals surface area contributed by atoms with Gasteiger partial charge in [-0.05, 0) is 61.9 Å². The lowest BCUT2D eigenvalue weighted by molar-refractivity contribution is -0.116. The number of amides is 2. The lowest BCUT2D eigenvalue weighted by Crippen LogP contribution is -2.15. The fraction of sp³-hybridized carbons (Fsp3) is 0.263. The maximum atomic E-state index is 12.4. The van der Waals surface area contributed by atoms with Crippen LogP contribution in [0, 0.1) is 6.92 Å². The number of aryl methyl sites for hydroxylation is 1. The van der Waals surface area contributed by atoms with E-state index in [0.29, 0.717) is 30.8 Å². The highest BCUT2D eigenvalue weighted by Crippen LogP contribution is 2.21. The molecule has 0 fully saturated rings. The smallest absolute Gasteiger partial charge is 0.255 e. The maximum absolute atomic E-state index is 12.4. The summed E-state index contributed by atoms with van der Waals surface area (Å²) in [5, 5.41) is 5.54. The zero-order valence-electron chi connectivity index (χ0n) is 15.7. The lowest BCUT2D eigenvalue weighted by Gasteiger charge is -2.12. The van der Waals surface area contributed by atoms with Crippen molar-refractivity contribution in [3.05, 3.63) is 53.6 Å². The zero-order chi connectivity index (χ0) is 20.0. The Morgan fingerprint density at radius 1 is 1.07 bits per heavy atom. The molecule has 0 saturated carbocycles. The molecule has 0 aliphatic rings. The van der Waals surface area contributed by atoms with Gasteiger partial charge in [0.15, 0.2) is 9.84 Å². The molecule has 2 aromatic carbocycles. The van der Waals surface area contributed by atoms with Crippen molar-refractivity contribution < 1.29 is 18.0 Å². The second-order valence-electron chi connectivity index (χ2n) is 6.22. The van der Waals surface area contributed by atoms with Crippen molar-refractivity contribution in [2.24, 2.45) is 5.73 Å². The molecule has 0 heterocycles. The van der Waals surface area contributed by atoms with Crippen molar-refractivity contribution in [3.63, 3.8) is 0 Å². The highest BCUT2D eigenvalue weighted by Gasteiger charge is 2.13. The number of benzene rings is 2. The van der Waals surface area contributed by atoms with Gasteiger partial charge >= 0.3 is 0 Å². The summed E-state index contributed by atoms with van der Waals surface area (Å²) in [4.78, 5) is 24.3. The number of sulfone groups is 1. The number of anilines is 2. The molecule has 0 radical (unpaired) electrons. The van der Waals surface area contributed by atoms with Crippen LogP contribution >= 0.6 is 12.4 Å². The molecule has 0 aromatic heterocycles. The fourth-order valence-electron chi connectivity index (χ4n) is 2.43. The largest absolute Gasteiger partial charge is 0.330 e. The van der Waals surface area contributed by atoms with Gasteiger partial charge in [0.1, 0.15) is 0 Å². The molecule has 0 unspecified atom stereocenters. The van der Waals surface area contributed by atoms with Gasteiger partial charge in [-0.2, -0.15) is 0 Å². The normalized spacial score (nSPS) is 10.7. The summed E-state index contributed by atoms with van der Waals surface area (Å²) in [7, 11) is -3.39. The minimum absolute atomic E-state index is 0. The van der Waals surface area contributed by atoms with Gasteiger partial charge in [-0.3, -0.25) is 9.59 Å². The number of carbonyl (C=O) groups is 2. The number of nitrogens with two attached hydrogens (primary N) is 1. The first-order chi connectivity index (χ1) is 12.7. The van der Waals surface area contributed by atoms with E-state index < -0.39 is 15.7 Å². The first-order valence-corrected chi connectivity index (χ1v) is 10.3. The van der Waals surface area contributed by atoms with E-state index in [-0.39, 0.29) is 28.8 Å². The summed E-state index contributed by atoms with van der Waals surface area (Å²) < 4.78 is 23.3. The number of hydrogen-bond acceptors (Lipinski definition) is 5. The van der Waals surface area contributed by atoms with Crippen LogP contribution in [0.4, 0.5) is 11.4 Å². The second kappa shape index (κ2) is 10.2. The molecule has 7 nitrogen and oxygen atoms in total. The Morgan fingerprint density at radius 2 is 1.79 bits per heavy atom. The van der Waals surface area contributed by atoms with Crippen LogP contribution in [0.2, 0.25) is 0 Å². The van der Waals surface area contributed by atoms with E-state index in [4.69, 9.17) is 5.73 Å². The highest BCUT2D eigenvalue weighted by molar-refractivity contribution is 7.90. The fourth-order valence-corrected chi connectivity index (χ4v) is 3.10. The Hall–Kier alpha value is -2.42. The zero-order valence-corrected chi connectivity index (χ0v) is 17.3.